The highest BCUT2D eigenvalue weighted by molar-refractivity contribution is 6.30. The topological polar surface area (TPSA) is 67.4 Å². The van der Waals surface area contributed by atoms with Crippen LogP contribution in [-0.2, 0) is 4.79 Å². The van der Waals surface area contributed by atoms with Gasteiger partial charge >= 0.3 is 0 Å². The van der Waals surface area contributed by atoms with E-state index in [0.29, 0.717) is 29.0 Å². The van der Waals surface area contributed by atoms with Crippen molar-refractivity contribution in [2.75, 3.05) is 23.3 Å². The van der Waals surface area contributed by atoms with Gasteiger partial charge in [0.1, 0.15) is 5.75 Å². The van der Waals surface area contributed by atoms with E-state index in [0.717, 1.165) is 36.2 Å². The molecule has 31 heavy (non-hydrogen) atoms. The molecular weight excluding hydrogens is 412 g/mol. The van der Waals surface area contributed by atoms with Gasteiger partial charge in [0.2, 0.25) is 5.91 Å². The van der Waals surface area contributed by atoms with E-state index in [1.165, 1.54) is 0 Å². The zero-order valence-electron chi connectivity index (χ0n) is 17.6. The summed E-state index contributed by atoms with van der Waals surface area (Å²) in [5.41, 5.74) is 2.89. The Balaban J connectivity index is 1.48. The third-order valence-corrected chi connectivity index (χ3v) is 5.66. The number of ether oxygens (including phenoxy) is 1. The third-order valence-electron chi connectivity index (χ3n) is 5.42. The van der Waals surface area contributed by atoms with E-state index < -0.39 is 0 Å². The summed E-state index contributed by atoms with van der Waals surface area (Å²) < 4.78 is 6.01. The lowest BCUT2D eigenvalue weighted by molar-refractivity contribution is -0.120. The van der Waals surface area contributed by atoms with Crippen LogP contribution >= 0.6 is 11.6 Å². The number of rotatable bonds is 5. The van der Waals surface area contributed by atoms with Crippen LogP contribution < -0.4 is 15.0 Å². The number of piperidine rings is 1. The Kier molecular flexibility index (Phi) is 6.37. The van der Waals surface area contributed by atoms with E-state index in [2.05, 4.69) is 20.2 Å². The van der Waals surface area contributed by atoms with Crippen molar-refractivity contribution in [2.45, 2.75) is 26.7 Å². The number of aryl methyl sites for hydroxylation is 2. The van der Waals surface area contributed by atoms with Gasteiger partial charge < -0.3 is 15.0 Å². The average molecular weight is 437 g/mol. The SMILES string of the molecule is Cc1ccc(Oc2nccnc2N2CCC[C@@H](C(=O)Nc3ccc(Cl)cc3C)C2)cc1. The fraction of sp³-hybridized carbons (Fsp3) is 0.292. The molecule has 1 amide bonds. The number of carbonyl (C=O) groups excluding carboxylic acids is 1. The van der Waals surface area contributed by atoms with Gasteiger partial charge in [0.15, 0.2) is 5.82 Å². The molecule has 0 saturated carbocycles. The highest BCUT2D eigenvalue weighted by Crippen LogP contribution is 2.31. The molecule has 0 unspecified atom stereocenters. The number of anilines is 2. The fourth-order valence-corrected chi connectivity index (χ4v) is 3.94. The van der Waals surface area contributed by atoms with E-state index in [4.69, 9.17) is 16.3 Å². The van der Waals surface area contributed by atoms with Gasteiger partial charge in [0.25, 0.3) is 5.88 Å². The van der Waals surface area contributed by atoms with Crippen molar-refractivity contribution in [3.8, 4) is 11.6 Å². The zero-order valence-corrected chi connectivity index (χ0v) is 18.4. The van der Waals surface area contributed by atoms with Crippen LogP contribution in [0.15, 0.2) is 54.9 Å². The molecule has 1 aliphatic heterocycles. The summed E-state index contributed by atoms with van der Waals surface area (Å²) >= 11 is 6.03. The Morgan fingerprint density at radius 3 is 2.68 bits per heavy atom. The summed E-state index contributed by atoms with van der Waals surface area (Å²) in [5, 5.41) is 3.70. The minimum atomic E-state index is -0.155. The summed E-state index contributed by atoms with van der Waals surface area (Å²) in [6.45, 7) is 5.32. The van der Waals surface area contributed by atoms with Crippen molar-refractivity contribution >= 4 is 29.0 Å². The first-order valence-corrected chi connectivity index (χ1v) is 10.7. The Morgan fingerprint density at radius 2 is 1.90 bits per heavy atom. The van der Waals surface area contributed by atoms with Crippen molar-refractivity contribution in [1.29, 1.82) is 0 Å². The quantitative estimate of drug-likeness (QED) is 0.580. The number of amides is 1. The summed E-state index contributed by atoms with van der Waals surface area (Å²) in [4.78, 5) is 23.9. The summed E-state index contributed by atoms with van der Waals surface area (Å²) in [6.07, 6.45) is 4.98. The van der Waals surface area contributed by atoms with Gasteiger partial charge in [-0.2, -0.15) is 0 Å². The molecule has 1 atom stereocenters. The van der Waals surface area contributed by atoms with Crippen molar-refractivity contribution < 1.29 is 9.53 Å². The van der Waals surface area contributed by atoms with Gasteiger partial charge in [-0.05, 0) is 62.6 Å². The number of hydrogen-bond donors (Lipinski definition) is 1. The maximum absolute atomic E-state index is 13.0. The first-order valence-electron chi connectivity index (χ1n) is 10.4. The maximum Gasteiger partial charge on any atom is 0.263 e. The standard InChI is InChI=1S/C24H25ClN4O2/c1-16-5-8-20(9-6-16)31-24-22(26-11-12-27-24)29-13-3-4-18(15-29)23(30)28-21-10-7-19(25)14-17(21)2/h5-12,14,18H,3-4,13,15H2,1-2H3,(H,28,30)/t18-/m1/s1. The molecule has 1 N–H and O–H groups in total. The summed E-state index contributed by atoms with van der Waals surface area (Å²) in [7, 11) is 0. The van der Waals surface area contributed by atoms with Crippen LogP contribution in [0.2, 0.25) is 5.02 Å². The van der Waals surface area contributed by atoms with Gasteiger partial charge in [-0.1, -0.05) is 29.3 Å². The van der Waals surface area contributed by atoms with Gasteiger partial charge in [-0.3, -0.25) is 4.79 Å². The van der Waals surface area contributed by atoms with Crippen LogP contribution in [0.3, 0.4) is 0 Å². The molecule has 4 rings (SSSR count). The average Bonchev–Trinajstić information content (AvgIpc) is 2.78. The fourth-order valence-electron chi connectivity index (χ4n) is 3.71. The largest absolute Gasteiger partial charge is 0.436 e. The molecule has 2 aromatic carbocycles. The molecule has 0 bridgehead atoms. The molecule has 1 aromatic heterocycles. The summed E-state index contributed by atoms with van der Waals surface area (Å²) in [6, 6.07) is 13.3. The van der Waals surface area contributed by atoms with Crippen LogP contribution in [-0.4, -0.2) is 29.0 Å². The molecule has 160 valence electrons. The summed E-state index contributed by atoms with van der Waals surface area (Å²) in [5.74, 6) is 1.65. The molecule has 6 nitrogen and oxygen atoms in total. The Bertz CT molecular complexity index is 1070. The van der Waals surface area contributed by atoms with Crippen LogP contribution in [0, 0.1) is 19.8 Å². The Hall–Kier alpha value is -3.12. The van der Waals surface area contributed by atoms with Crippen LogP contribution in [0.5, 0.6) is 11.6 Å². The molecule has 2 heterocycles. The molecule has 1 aliphatic rings. The highest BCUT2D eigenvalue weighted by Gasteiger charge is 2.29. The maximum atomic E-state index is 13.0. The van der Waals surface area contributed by atoms with Gasteiger partial charge in [0, 0.05) is 36.2 Å². The molecule has 3 aromatic rings. The van der Waals surface area contributed by atoms with Crippen LogP contribution in [0.1, 0.15) is 24.0 Å². The molecular formula is C24H25ClN4O2. The van der Waals surface area contributed by atoms with Crippen molar-refractivity contribution in [2.24, 2.45) is 5.92 Å². The number of nitrogens with zero attached hydrogens (tertiary/aromatic N) is 3. The second-order valence-electron chi connectivity index (χ2n) is 7.83. The predicted octanol–water partition coefficient (Wildman–Crippen LogP) is 5.39. The lowest BCUT2D eigenvalue weighted by Gasteiger charge is -2.33. The lowest BCUT2D eigenvalue weighted by Crippen LogP contribution is -2.41. The van der Waals surface area contributed by atoms with E-state index in [1.807, 2.05) is 50.2 Å². The molecule has 0 aliphatic carbocycles. The zero-order chi connectivity index (χ0) is 21.8. The van der Waals surface area contributed by atoms with E-state index in [9.17, 15) is 4.79 Å². The molecule has 0 spiro atoms. The predicted molar refractivity (Wildman–Crippen MR) is 123 cm³/mol. The molecule has 0 radical (unpaired) electrons. The number of hydrogen-bond acceptors (Lipinski definition) is 5. The first kappa shape index (κ1) is 21.1. The van der Waals surface area contributed by atoms with Crippen molar-refractivity contribution in [3.05, 3.63) is 71.0 Å². The number of aromatic nitrogens is 2. The molecule has 7 heteroatoms. The molecule has 1 saturated heterocycles. The van der Waals surface area contributed by atoms with Crippen molar-refractivity contribution in [3.63, 3.8) is 0 Å². The minimum Gasteiger partial charge on any atom is -0.436 e. The smallest absolute Gasteiger partial charge is 0.263 e. The first-order chi connectivity index (χ1) is 15.0. The second-order valence-corrected chi connectivity index (χ2v) is 8.27. The van der Waals surface area contributed by atoms with E-state index >= 15 is 0 Å². The van der Waals surface area contributed by atoms with E-state index in [-0.39, 0.29) is 11.8 Å². The monoisotopic (exact) mass is 436 g/mol. The van der Waals surface area contributed by atoms with Crippen molar-refractivity contribution in [1.82, 2.24) is 9.97 Å². The highest BCUT2D eigenvalue weighted by atomic mass is 35.5. The second kappa shape index (κ2) is 9.35. The minimum absolute atomic E-state index is 0.0000145. The number of nitrogens with one attached hydrogen (secondary N) is 1. The van der Waals surface area contributed by atoms with Gasteiger partial charge in [-0.25, -0.2) is 9.97 Å². The molecule has 1 fully saturated rings. The Labute approximate surface area is 187 Å². The normalized spacial score (nSPS) is 16.1. The van der Waals surface area contributed by atoms with Gasteiger partial charge in [-0.15, -0.1) is 0 Å². The Morgan fingerprint density at radius 1 is 1.13 bits per heavy atom. The lowest BCUT2D eigenvalue weighted by atomic mass is 9.97. The van der Waals surface area contributed by atoms with E-state index in [1.54, 1.807) is 18.5 Å². The number of carbonyl (C=O) groups is 1. The van der Waals surface area contributed by atoms with Crippen LogP contribution in [0.25, 0.3) is 0 Å². The number of benzene rings is 2. The number of halogens is 1. The van der Waals surface area contributed by atoms with Crippen LogP contribution in [0.4, 0.5) is 11.5 Å². The van der Waals surface area contributed by atoms with Gasteiger partial charge in [0.05, 0.1) is 5.92 Å². The third kappa shape index (κ3) is 5.14.